The first kappa shape index (κ1) is 13.9. The van der Waals surface area contributed by atoms with Crippen molar-refractivity contribution in [3.05, 3.63) is 29.3 Å². The zero-order chi connectivity index (χ0) is 13.8. The average molecular weight is 262 g/mol. The molecule has 0 atom stereocenters. The third-order valence-corrected chi connectivity index (χ3v) is 3.69. The maximum Gasteiger partial charge on any atom is 0.255 e. The van der Waals surface area contributed by atoms with Gasteiger partial charge < -0.3 is 15.4 Å². The van der Waals surface area contributed by atoms with E-state index in [1.54, 1.807) is 6.07 Å². The van der Waals surface area contributed by atoms with Gasteiger partial charge in [0.1, 0.15) is 0 Å². The summed E-state index contributed by atoms with van der Waals surface area (Å²) in [4.78, 5) is 14.3. The van der Waals surface area contributed by atoms with Crippen LogP contribution in [-0.2, 0) is 4.74 Å². The van der Waals surface area contributed by atoms with E-state index >= 15 is 0 Å². The summed E-state index contributed by atoms with van der Waals surface area (Å²) < 4.78 is 5.60. The number of aryl methyl sites for hydroxylation is 1. The molecule has 2 rings (SSSR count). The number of anilines is 1. The van der Waals surface area contributed by atoms with Gasteiger partial charge in [-0.3, -0.25) is 4.79 Å². The van der Waals surface area contributed by atoms with Crippen molar-refractivity contribution in [2.45, 2.75) is 32.8 Å². The minimum atomic E-state index is 0.0381. The smallest absolute Gasteiger partial charge is 0.255 e. The standard InChI is InChI=1S/C15H22N2O2/c1-3-19-12-7-9-17(10-8-12)15(18)13-6-4-5-11(2)14(13)16/h4-6,12H,3,7-10,16H2,1-2H3. The number of piperidine rings is 1. The number of benzene rings is 1. The second kappa shape index (κ2) is 6.06. The molecule has 0 saturated carbocycles. The van der Waals surface area contributed by atoms with Crippen molar-refractivity contribution in [3.8, 4) is 0 Å². The van der Waals surface area contributed by atoms with Crippen LogP contribution in [0.2, 0.25) is 0 Å². The molecule has 4 nitrogen and oxygen atoms in total. The van der Waals surface area contributed by atoms with Crippen LogP contribution in [0, 0.1) is 6.92 Å². The molecule has 1 fully saturated rings. The summed E-state index contributed by atoms with van der Waals surface area (Å²) in [5, 5.41) is 0. The third kappa shape index (κ3) is 3.07. The SMILES string of the molecule is CCOC1CCN(C(=O)c2cccc(C)c2N)CC1. The van der Waals surface area contributed by atoms with Crippen LogP contribution >= 0.6 is 0 Å². The van der Waals surface area contributed by atoms with Crippen LogP contribution in [-0.4, -0.2) is 36.6 Å². The van der Waals surface area contributed by atoms with Crippen molar-refractivity contribution in [1.29, 1.82) is 0 Å². The molecule has 0 radical (unpaired) electrons. The van der Waals surface area contributed by atoms with E-state index in [4.69, 9.17) is 10.5 Å². The lowest BCUT2D eigenvalue weighted by Crippen LogP contribution is -2.41. The molecule has 0 bridgehead atoms. The summed E-state index contributed by atoms with van der Waals surface area (Å²) in [5.41, 5.74) is 8.16. The lowest BCUT2D eigenvalue weighted by atomic mass is 10.0. The second-order valence-corrected chi connectivity index (χ2v) is 4.98. The molecule has 1 amide bonds. The number of rotatable bonds is 3. The van der Waals surface area contributed by atoms with E-state index < -0.39 is 0 Å². The van der Waals surface area contributed by atoms with Crippen LogP contribution in [0.15, 0.2) is 18.2 Å². The third-order valence-electron chi connectivity index (χ3n) is 3.69. The first-order chi connectivity index (χ1) is 9.13. The van der Waals surface area contributed by atoms with Gasteiger partial charge in [0.25, 0.3) is 5.91 Å². The number of likely N-dealkylation sites (tertiary alicyclic amines) is 1. The molecule has 1 aromatic rings. The number of nitrogens with two attached hydrogens (primary N) is 1. The molecule has 104 valence electrons. The quantitative estimate of drug-likeness (QED) is 0.850. The predicted molar refractivity (Wildman–Crippen MR) is 76.1 cm³/mol. The van der Waals surface area contributed by atoms with E-state index in [-0.39, 0.29) is 5.91 Å². The van der Waals surface area contributed by atoms with Crippen molar-refractivity contribution >= 4 is 11.6 Å². The molecule has 4 heteroatoms. The van der Waals surface area contributed by atoms with E-state index in [2.05, 4.69) is 0 Å². The molecular formula is C15H22N2O2. The highest BCUT2D eigenvalue weighted by molar-refractivity contribution is 5.99. The zero-order valence-electron chi connectivity index (χ0n) is 11.7. The number of hydrogen-bond donors (Lipinski definition) is 1. The normalized spacial score (nSPS) is 16.6. The van der Waals surface area contributed by atoms with Crippen molar-refractivity contribution in [1.82, 2.24) is 4.90 Å². The summed E-state index contributed by atoms with van der Waals surface area (Å²) in [6.07, 6.45) is 2.11. The van der Waals surface area contributed by atoms with Crippen LogP contribution in [0.5, 0.6) is 0 Å². The van der Waals surface area contributed by atoms with Crippen molar-refractivity contribution in [2.75, 3.05) is 25.4 Å². The van der Waals surface area contributed by atoms with E-state index in [0.717, 1.165) is 38.1 Å². The highest BCUT2D eigenvalue weighted by Crippen LogP contribution is 2.21. The fourth-order valence-electron chi connectivity index (χ4n) is 2.50. The van der Waals surface area contributed by atoms with Crippen LogP contribution in [0.1, 0.15) is 35.7 Å². The maximum absolute atomic E-state index is 12.4. The summed E-state index contributed by atoms with van der Waals surface area (Å²) >= 11 is 0. The molecule has 1 heterocycles. The van der Waals surface area contributed by atoms with Gasteiger partial charge in [0.15, 0.2) is 0 Å². The van der Waals surface area contributed by atoms with Crippen molar-refractivity contribution in [2.24, 2.45) is 0 Å². The number of ether oxygens (including phenoxy) is 1. The molecule has 1 aliphatic heterocycles. The molecule has 1 aromatic carbocycles. The average Bonchev–Trinajstić information content (AvgIpc) is 2.42. The second-order valence-electron chi connectivity index (χ2n) is 4.98. The highest BCUT2D eigenvalue weighted by Gasteiger charge is 2.24. The Morgan fingerprint density at radius 3 is 2.74 bits per heavy atom. The topological polar surface area (TPSA) is 55.6 Å². The van der Waals surface area contributed by atoms with Gasteiger partial charge in [0.2, 0.25) is 0 Å². The monoisotopic (exact) mass is 262 g/mol. The molecule has 0 aromatic heterocycles. The number of amides is 1. The molecule has 1 aliphatic rings. The van der Waals surface area contributed by atoms with Gasteiger partial charge in [-0.1, -0.05) is 12.1 Å². The van der Waals surface area contributed by atoms with Crippen LogP contribution < -0.4 is 5.73 Å². The maximum atomic E-state index is 12.4. The first-order valence-electron chi connectivity index (χ1n) is 6.89. The summed E-state index contributed by atoms with van der Waals surface area (Å²) in [7, 11) is 0. The molecule has 0 unspecified atom stereocenters. The molecule has 2 N–H and O–H groups in total. The Morgan fingerprint density at radius 1 is 1.42 bits per heavy atom. The number of nitrogens with zero attached hydrogens (tertiary/aromatic N) is 1. The van der Waals surface area contributed by atoms with Gasteiger partial charge in [-0.25, -0.2) is 0 Å². The molecule has 1 saturated heterocycles. The molecule has 19 heavy (non-hydrogen) atoms. The lowest BCUT2D eigenvalue weighted by Gasteiger charge is -2.32. The van der Waals surface area contributed by atoms with Gasteiger partial charge in [0, 0.05) is 25.4 Å². The lowest BCUT2D eigenvalue weighted by molar-refractivity contribution is 0.0146. The number of carbonyl (C=O) groups excluding carboxylic acids is 1. The van der Waals surface area contributed by atoms with Crippen LogP contribution in [0.4, 0.5) is 5.69 Å². The van der Waals surface area contributed by atoms with Gasteiger partial charge in [-0.05, 0) is 38.3 Å². The number of carbonyl (C=O) groups is 1. The Hall–Kier alpha value is -1.55. The molecular weight excluding hydrogens is 240 g/mol. The van der Waals surface area contributed by atoms with E-state index in [9.17, 15) is 4.79 Å². The van der Waals surface area contributed by atoms with E-state index in [1.807, 2.05) is 30.9 Å². The molecule has 0 aliphatic carbocycles. The minimum absolute atomic E-state index is 0.0381. The van der Waals surface area contributed by atoms with Crippen molar-refractivity contribution < 1.29 is 9.53 Å². The Balaban J connectivity index is 2.03. The predicted octanol–water partition coefficient (Wildman–Crippen LogP) is 2.22. The first-order valence-corrected chi connectivity index (χ1v) is 6.89. The fourth-order valence-corrected chi connectivity index (χ4v) is 2.50. The van der Waals surface area contributed by atoms with Crippen molar-refractivity contribution in [3.63, 3.8) is 0 Å². The van der Waals surface area contributed by atoms with Crippen LogP contribution in [0.25, 0.3) is 0 Å². The Morgan fingerprint density at radius 2 is 2.11 bits per heavy atom. The van der Waals surface area contributed by atoms with E-state index in [1.165, 1.54) is 0 Å². The summed E-state index contributed by atoms with van der Waals surface area (Å²) in [6.45, 7) is 6.16. The number of hydrogen-bond acceptors (Lipinski definition) is 3. The Labute approximate surface area is 114 Å². The number of para-hydroxylation sites is 1. The van der Waals surface area contributed by atoms with E-state index in [0.29, 0.717) is 17.4 Å². The summed E-state index contributed by atoms with van der Waals surface area (Å²) in [5.74, 6) is 0.0381. The summed E-state index contributed by atoms with van der Waals surface area (Å²) in [6, 6.07) is 5.61. The molecule has 0 spiro atoms. The van der Waals surface area contributed by atoms with Gasteiger partial charge >= 0.3 is 0 Å². The zero-order valence-corrected chi connectivity index (χ0v) is 11.7. The largest absolute Gasteiger partial charge is 0.398 e. The highest BCUT2D eigenvalue weighted by atomic mass is 16.5. The van der Waals surface area contributed by atoms with Crippen LogP contribution in [0.3, 0.4) is 0 Å². The Kier molecular flexibility index (Phi) is 4.43. The fraction of sp³-hybridized carbons (Fsp3) is 0.533. The van der Waals surface area contributed by atoms with Gasteiger partial charge in [0.05, 0.1) is 11.7 Å². The van der Waals surface area contributed by atoms with Gasteiger partial charge in [-0.2, -0.15) is 0 Å². The minimum Gasteiger partial charge on any atom is -0.398 e. The van der Waals surface area contributed by atoms with Gasteiger partial charge in [-0.15, -0.1) is 0 Å². The Bertz CT molecular complexity index is 451. The number of nitrogen functional groups attached to an aromatic ring is 1.